The van der Waals surface area contributed by atoms with Crippen LogP contribution >= 0.6 is 0 Å². The van der Waals surface area contributed by atoms with Crippen molar-refractivity contribution in [1.82, 2.24) is 9.80 Å². The lowest BCUT2D eigenvalue weighted by atomic mass is 9.90. The number of carbonyl (C=O) groups excluding carboxylic acids is 3. The van der Waals surface area contributed by atoms with Gasteiger partial charge in [-0.25, -0.2) is 9.59 Å². The molecule has 200 valence electrons. The molecule has 3 aromatic rings. The molecule has 0 aliphatic carbocycles. The number of urea groups is 1. The van der Waals surface area contributed by atoms with Crippen LogP contribution in [0.3, 0.4) is 0 Å². The minimum absolute atomic E-state index is 0.0325. The zero-order valence-corrected chi connectivity index (χ0v) is 22.3. The summed E-state index contributed by atoms with van der Waals surface area (Å²) in [6.45, 7) is 3.12. The molecule has 3 aromatic carbocycles. The Morgan fingerprint density at radius 2 is 1.64 bits per heavy atom. The lowest BCUT2D eigenvalue weighted by Gasteiger charge is -2.35. The summed E-state index contributed by atoms with van der Waals surface area (Å²) in [4.78, 5) is 48.9. The summed E-state index contributed by atoms with van der Waals surface area (Å²) < 4.78 is 4.82. The van der Waals surface area contributed by atoms with Crippen LogP contribution < -0.4 is 10.2 Å². The average molecular weight is 526 g/mol. The number of nitrogens with zero attached hydrogens (tertiary/aromatic N) is 4. The maximum atomic E-state index is 13.2. The Morgan fingerprint density at radius 3 is 2.31 bits per heavy atom. The van der Waals surface area contributed by atoms with Crippen LogP contribution in [0.4, 0.5) is 21.9 Å². The van der Waals surface area contributed by atoms with E-state index in [-0.39, 0.29) is 11.9 Å². The standard InChI is InChI=1S/C30H31N5O4/c1-33-15-17-35(18-16-33)30(38)34(2)23-12-10-22(11-13-23)31-27(20-7-5-4-6-8-20)26-24-14-9-21(29(37)39-3)19-25(24)32-28(26)36/h4-14,19,26H,15-18H2,1-3H3,(H,32,36). The molecule has 2 heterocycles. The van der Waals surface area contributed by atoms with Gasteiger partial charge >= 0.3 is 12.0 Å². The highest BCUT2D eigenvalue weighted by molar-refractivity contribution is 6.24. The number of ether oxygens (including phenoxy) is 1. The Bertz CT molecular complexity index is 1410. The number of fused-ring (bicyclic) bond motifs is 1. The van der Waals surface area contributed by atoms with E-state index < -0.39 is 11.9 Å². The SMILES string of the molecule is COC(=O)c1ccc2c(c1)NC(=O)C2C(=Nc1ccc(N(C)C(=O)N2CCN(C)CC2)cc1)c1ccccc1. The van der Waals surface area contributed by atoms with Gasteiger partial charge < -0.3 is 19.9 Å². The van der Waals surface area contributed by atoms with E-state index in [2.05, 4.69) is 17.3 Å². The Balaban J connectivity index is 1.44. The molecule has 1 N–H and O–H groups in total. The second-order valence-electron chi connectivity index (χ2n) is 9.73. The van der Waals surface area contributed by atoms with Crippen molar-refractivity contribution in [2.45, 2.75) is 5.92 Å². The maximum absolute atomic E-state index is 13.2. The van der Waals surface area contributed by atoms with E-state index in [1.807, 2.05) is 59.5 Å². The molecule has 0 spiro atoms. The van der Waals surface area contributed by atoms with Crippen molar-refractivity contribution in [3.05, 3.63) is 89.5 Å². The van der Waals surface area contributed by atoms with Crippen LogP contribution in [0.2, 0.25) is 0 Å². The number of aliphatic imine (C=N–C) groups is 1. The van der Waals surface area contributed by atoms with Crippen LogP contribution in [-0.2, 0) is 9.53 Å². The number of hydrogen-bond donors (Lipinski definition) is 1. The van der Waals surface area contributed by atoms with Gasteiger partial charge in [0.1, 0.15) is 5.92 Å². The van der Waals surface area contributed by atoms with Gasteiger partial charge in [0.15, 0.2) is 0 Å². The van der Waals surface area contributed by atoms with Crippen LogP contribution in [0.25, 0.3) is 0 Å². The number of anilines is 2. The number of likely N-dealkylation sites (N-methyl/N-ethyl adjacent to an activating group) is 1. The average Bonchev–Trinajstić information content (AvgIpc) is 3.30. The number of methoxy groups -OCH3 is 1. The molecule has 2 aliphatic heterocycles. The molecule has 0 radical (unpaired) electrons. The summed E-state index contributed by atoms with van der Waals surface area (Å²) in [5.41, 5.74) is 4.49. The number of piperazine rings is 1. The lowest BCUT2D eigenvalue weighted by Crippen LogP contribution is -2.51. The van der Waals surface area contributed by atoms with Crippen molar-refractivity contribution >= 4 is 40.7 Å². The normalized spacial score (nSPS) is 17.4. The van der Waals surface area contributed by atoms with E-state index in [0.717, 1.165) is 29.9 Å². The molecule has 1 unspecified atom stereocenters. The Kier molecular flexibility index (Phi) is 7.42. The topological polar surface area (TPSA) is 94.5 Å². The fraction of sp³-hybridized carbons (Fsp3) is 0.267. The highest BCUT2D eigenvalue weighted by atomic mass is 16.5. The summed E-state index contributed by atoms with van der Waals surface area (Å²) in [6, 6.07) is 22.0. The van der Waals surface area contributed by atoms with Crippen molar-refractivity contribution in [3.63, 3.8) is 0 Å². The van der Waals surface area contributed by atoms with Gasteiger partial charge in [-0.1, -0.05) is 36.4 Å². The Morgan fingerprint density at radius 1 is 0.949 bits per heavy atom. The highest BCUT2D eigenvalue weighted by Gasteiger charge is 2.36. The smallest absolute Gasteiger partial charge is 0.337 e. The number of hydrogen-bond acceptors (Lipinski definition) is 6. The van der Waals surface area contributed by atoms with Gasteiger partial charge in [0, 0.05) is 44.6 Å². The molecule has 2 aliphatic rings. The summed E-state index contributed by atoms with van der Waals surface area (Å²) in [6.07, 6.45) is 0. The maximum Gasteiger partial charge on any atom is 0.337 e. The van der Waals surface area contributed by atoms with E-state index in [0.29, 0.717) is 35.7 Å². The first-order valence-corrected chi connectivity index (χ1v) is 12.8. The van der Waals surface area contributed by atoms with Gasteiger partial charge in [-0.2, -0.15) is 0 Å². The van der Waals surface area contributed by atoms with Gasteiger partial charge in [-0.05, 0) is 54.6 Å². The molecule has 0 bridgehead atoms. The third kappa shape index (κ3) is 5.39. The molecule has 5 rings (SSSR count). The predicted octanol–water partition coefficient (Wildman–Crippen LogP) is 4.13. The summed E-state index contributed by atoms with van der Waals surface area (Å²) >= 11 is 0. The Labute approximate surface area is 227 Å². The first-order chi connectivity index (χ1) is 18.9. The minimum Gasteiger partial charge on any atom is -0.465 e. The van der Waals surface area contributed by atoms with Gasteiger partial charge in [-0.3, -0.25) is 14.7 Å². The highest BCUT2D eigenvalue weighted by Crippen LogP contribution is 2.37. The largest absolute Gasteiger partial charge is 0.465 e. The lowest BCUT2D eigenvalue weighted by molar-refractivity contribution is -0.115. The fourth-order valence-electron chi connectivity index (χ4n) is 4.89. The van der Waals surface area contributed by atoms with Gasteiger partial charge in [0.25, 0.3) is 0 Å². The van der Waals surface area contributed by atoms with Crippen LogP contribution in [0.5, 0.6) is 0 Å². The van der Waals surface area contributed by atoms with E-state index in [4.69, 9.17) is 9.73 Å². The molecular formula is C30H31N5O4. The molecule has 9 heteroatoms. The van der Waals surface area contributed by atoms with Gasteiger partial charge in [0.05, 0.1) is 24.1 Å². The first-order valence-electron chi connectivity index (χ1n) is 12.8. The van der Waals surface area contributed by atoms with Crippen LogP contribution in [0, 0.1) is 0 Å². The van der Waals surface area contributed by atoms with Gasteiger partial charge in [-0.15, -0.1) is 0 Å². The van der Waals surface area contributed by atoms with Crippen molar-refractivity contribution in [2.24, 2.45) is 4.99 Å². The number of rotatable bonds is 5. The zero-order valence-electron chi connectivity index (χ0n) is 22.3. The molecule has 3 amide bonds. The molecule has 39 heavy (non-hydrogen) atoms. The third-order valence-corrected chi connectivity index (χ3v) is 7.20. The van der Waals surface area contributed by atoms with E-state index in [9.17, 15) is 14.4 Å². The first kappa shape index (κ1) is 26.1. The van der Waals surface area contributed by atoms with Gasteiger partial charge in [0.2, 0.25) is 5.91 Å². The summed E-state index contributed by atoms with van der Waals surface area (Å²) in [5, 5.41) is 2.89. The Hall–Kier alpha value is -4.50. The van der Waals surface area contributed by atoms with Crippen LogP contribution in [-0.4, -0.2) is 80.8 Å². The molecule has 1 fully saturated rings. The zero-order chi connectivity index (χ0) is 27.5. The monoisotopic (exact) mass is 525 g/mol. The predicted molar refractivity (Wildman–Crippen MR) is 151 cm³/mol. The molecular weight excluding hydrogens is 494 g/mol. The van der Waals surface area contributed by atoms with Crippen LogP contribution in [0.1, 0.15) is 27.4 Å². The second-order valence-corrected chi connectivity index (χ2v) is 9.73. The molecule has 1 saturated heterocycles. The molecule has 0 aromatic heterocycles. The number of benzene rings is 3. The van der Waals surface area contributed by atoms with E-state index >= 15 is 0 Å². The molecule has 0 saturated carbocycles. The summed E-state index contributed by atoms with van der Waals surface area (Å²) in [7, 11) is 5.15. The van der Waals surface area contributed by atoms with Crippen molar-refractivity contribution in [2.75, 3.05) is 57.6 Å². The van der Waals surface area contributed by atoms with Crippen LogP contribution in [0.15, 0.2) is 77.8 Å². The van der Waals surface area contributed by atoms with E-state index in [1.165, 1.54) is 7.11 Å². The quantitative estimate of drug-likeness (QED) is 0.399. The second kappa shape index (κ2) is 11.1. The third-order valence-electron chi connectivity index (χ3n) is 7.20. The molecule has 1 atom stereocenters. The fourth-order valence-corrected chi connectivity index (χ4v) is 4.89. The summed E-state index contributed by atoms with van der Waals surface area (Å²) in [5.74, 6) is -1.34. The minimum atomic E-state index is -0.657. The number of nitrogens with one attached hydrogen (secondary N) is 1. The van der Waals surface area contributed by atoms with E-state index in [1.54, 1.807) is 30.1 Å². The number of carbonyl (C=O) groups is 3. The number of esters is 1. The van der Waals surface area contributed by atoms with Crippen molar-refractivity contribution < 1.29 is 19.1 Å². The van der Waals surface area contributed by atoms with Crippen molar-refractivity contribution in [3.8, 4) is 0 Å². The van der Waals surface area contributed by atoms with Crippen molar-refractivity contribution in [1.29, 1.82) is 0 Å². The number of amides is 3. The molecule has 9 nitrogen and oxygen atoms in total.